The molecule has 0 aliphatic heterocycles. The Bertz CT molecular complexity index is 462. The smallest absolute Gasteiger partial charge is 0.253 e. The van der Waals surface area contributed by atoms with E-state index in [1.807, 2.05) is 0 Å². The molecule has 1 aliphatic rings. The van der Waals surface area contributed by atoms with E-state index in [0.717, 1.165) is 12.8 Å². The first-order valence-electron chi connectivity index (χ1n) is 5.82. The highest BCUT2D eigenvalue weighted by Crippen LogP contribution is 2.32. The molecule has 2 rings (SSSR count). The Balaban J connectivity index is 1.99. The summed E-state index contributed by atoms with van der Waals surface area (Å²) in [5, 5.41) is 0.262. The topological polar surface area (TPSA) is 20.3 Å². The Morgan fingerprint density at radius 1 is 1.56 bits per heavy atom. The van der Waals surface area contributed by atoms with Gasteiger partial charge in [-0.3, -0.25) is 4.79 Å². The first kappa shape index (κ1) is 13.8. The molecule has 1 aromatic rings. The molecule has 5 heteroatoms. The lowest BCUT2D eigenvalue weighted by molar-refractivity contribution is 0.0747. The standard InChI is InChI=1S/C13H14BrClFNO/c1-17(7-8-4-10(15)5-8)13(18)9-2-3-12(16)11(14)6-9/h2-3,6,8,10H,4-5,7H2,1H3. The summed E-state index contributed by atoms with van der Waals surface area (Å²) in [4.78, 5) is 13.8. The fraction of sp³-hybridized carbons (Fsp3) is 0.462. The maximum atomic E-state index is 13.1. The largest absolute Gasteiger partial charge is 0.341 e. The van der Waals surface area contributed by atoms with Crippen LogP contribution in [0, 0.1) is 11.7 Å². The van der Waals surface area contributed by atoms with Crippen molar-refractivity contribution in [3.05, 3.63) is 34.1 Å². The molecular formula is C13H14BrClFNO. The maximum absolute atomic E-state index is 13.1. The van der Waals surface area contributed by atoms with Crippen LogP contribution in [-0.4, -0.2) is 29.8 Å². The minimum atomic E-state index is -0.363. The van der Waals surface area contributed by atoms with Crippen LogP contribution in [0.3, 0.4) is 0 Å². The quantitative estimate of drug-likeness (QED) is 0.772. The second-order valence-electron chi connectivity index (χ2n) is 4.75. The molecule has 0 spiro atoms. The number of hydrogen-bond acceptors (Lipinski definition) is 1. The minimum absolute atomic E-state index is 0.0891. The number of carbonyl (C=O) groups is 1. The third kappa shape index (κ3) is 3.04. The van der Waals surface area contributed by atoms with Gasteiger partial charge >= 0.3 is 0 Å². The molecule has 98 valence electrons. The Hall–Kier alpha value is -0.610. The van der Waals surface area contributed by atoms with Gasteiger partial charge in [0.15, 0.2) is 0 Å². The highest BCUT2D eigenvalue weighted by Gasteiger charge is 2.29. The fourth-order valence-electron chi connectivity index (χ4n) is 2.12. The average molecular weight is 335 g/mol. The SMILES string of the molecule is CN(CC1CC(Cl)C1)C(=O)c1ccc(F)c(Br)c1. The summed E-state index contributed by atoms with van der Waals surface area (Å²) in [6, 6.07) is 4.31. The van der Waals surface area contributed by atoms with Crippen LogP contribution in [0.1, 0.15) is 23.2 Å². The number of amides is 1. The predicted octanol–water partition coefficient (Wildman–Crippen LogP) is 3.68. The van der Waals surface area contributed by atoms with Crippen molar-refractivity contribution in [1.82, 2.24) is 4.90 Å². The number of rotatable bonds is 3. The highest BCUT2D eigenvalue weighted by atomic mass is 79.9. The van der Waals surface area contributed by atoms with Crippen LogP contribution in [-0.2, 0) is 0 Å². The third-order valence-corrected chi connectivity index (χ3v) is 4.19. The van der Waals surface area contributed by atoms with Crippen molar-refractivity contribution >= 4 is 33.4 Å². The van der Waals surface area contributed by atoms with E-state index in [0.29, 0.717) is 22.5 Å². The van der Waals surface area contributed by atoms with Crippen molar-refractivity contribution in [3.8, 4) is 0 Å². The summed E-state index contributed by atoms with van der Waals surface area (Å²) in [6.07, 6.45) is 1.93. The molecule has 0 radical (unpaired) electrons. The molecule has 0 saturated heterocycles. The van der Waals surface area contributed by atoms with Crippen LogP contribution in [0.25, 0.3) is 0 Å². The van der Waals surface area contributed by atoms with Crippen LogP contribution >= 0.6 is 27.5 Å². The van der Waals surface area contributed by atoms with Crippen LogP contribution in [0.2, 0.25) is 0 Å². The number of halogens is 3. The van der Waals surface area contributed by atoms with Crippen LogP contribution in [0.5, 0.6) is 0 Å². The van der Waals surface area contributed by atoms with E-state index >= 15 is 0 Å². The van der Waals surface area contributed by atoms with Crippen LogP contribution < -0.4 is 0 Å². The zero-order chi connectivity index (χ0) is 13.3. The van der Waals surface area contributed by atoms with E-state index in [1.54, 1.807) is 11.9 Å². The molecule has 2 nitrogen and oxygen atoms in total. The van der Waals surface area contributed by atoms with E-state index in [1.165, 1.54) is 18.2 Å². The molecule has 1 amide bonds. The Kier molecular flexibility index (Phi) is 4.28. The number of nitrogens with zero attached hydrogens (tertiary/aromatic N) is 1. The van der Waals surface area contributed by atoms with E-state index in [4.69, 9.17) is 11.6 Å². The molecular weight excluding hydrogens is 321 g/mol. The zero-order valence-electron chi connectivity index (χ0n) is 10.00. The van der Waals surface area contributed by atoms with Gasteiger partial charge in [0.1, 0.15) is 5.82 Å². The van der Waals surface area contributed by atoms with Gasteiger partial charge in [-0.1, -0.05) is 0 Å². The Labute approximate surface area is 119 Å². The number of hydrogen-bond donors (Lipinski definition) is 0. The second-order valence-corrected chi connectivity index (χ2v) is 6.22. The molecule has 0 unspecified atom stereocenters. The molecule has 0 atom stereocenters. The van der Waals surface area contributed by atoms with Crippen LogP contribution in [0.4, 0.5) is 4.39 Å². The third-order valence-electron chi connectivity index (χ3n) is 3.22. The molecule has 1 fully saturated rings. The number of benzene rings is 1. The van der Waals surface area contributed by atoms with Crippen LogP contribution in [0.15, 0.2) is 22.7 Å². The van der Waals surface area contributed by atoms with Gasteiger partial charge in [0.05, 0.1) is 4.47 Å². The molecule has 18 heavy (non-hydrogen) atoms. The summed E-state index contributed by atoms with van der Waals surface area (Å²) >= 11 is 8.99. The first-order chi connectivity index (χ1) is 8.47. The summed E-state index contributed by atoms with van der Waals surface area (Å²) in [7, 11) is 1.77. The molecule has 1 aliphatic carbocycles. The lowest BCUT2D eigenvalue weighted by Crippen LogP contribution is -2.37. The first-order valence-corrected chi connectivity index (χ1v) is 7.05. The van der Waals surface area contributed by atoms with Gasteiger partial charge in [-0.05, 0) is 52.9 Å². The molecule has 0 aromatic heterocycles. The van der Waals surface area contributed by atoms with Crippen molar-refractivity contribution in [2.75, 3.05) is 13.6 Å². The summed E-state index contributed by atoms with van der Waals surface area (Å²) in [5.74, 6) is 0.0391. The predicted molar refractivity (Wildman–Crippen MR) is 73.4 cm³/mol. The van der Waals surface area contributed by atoms with Gasteiger partial charge in [0, 0.05) is 24.5 Å². The second kappa shape index (κ2) is 5.57. The molecule has 0 N–H and O–H groups in total. The maximum Gasteiger partial charge on any atom is 0.253 e. The van der Waals surface area contributed by atoms with Gasteiger partial charge in [0.25, 0.3) is 5.91 Å². The van der Waals surface area contributed by atoms with Crippen molar-refractivity contribution < 1.29 is 9.18 Å². The minimum Gasteiger partial charge on any atom is -0.341 e. The lowest BCUT2D eigenvalue weighted by Gasteiger charge is -2.34. The van der Waals surface area contributed by atoms with Crippen molar-refractivity contribution in [3.63, 3.8) is 0 Å². The average Bonchev–Trinajstić information content (AvgIpc) is 2.29. The molecule has 1 aromatic carbocycles. The normalized spacial score (nSPS) is 22.4. The highest BCUT2D eigenvalue weighted by molar-refractivity contribution is 9.10. The monoisotopic (exact) mass is 333 g/mol. The summed E-state index contributed by atoms with van der Waals surface area (Å²) in [5.41, 5.74) is 0.493. The van der Waals surface area contributed by atoms with Gasteiger partial charge < -0.3 is 4.90 Å². The number of alkyl halides is 1. The lowest BCUT2D eigenvalue weighted by atomic mass is 9.84. The molecule has 0 bridgehead atoms. The fourth-order valence-corrected chi connectivity index (χ4v) is 3.01. The zero-order valence-corrected chi connectivity index (χ0v) is 12.3. The van der Waals surface area contributed by atoms with Gasteiger partial charge in [0.2, 0.25) is 0 Å². The Morgan fingerprint density at radius 2 is 2.22 bits per heavy atom. The molecule has 1 saturated carbocycles. The van der Waals surface area contributed by atoms with E-state index in [2.05, 4.69) is 15.9 Å². The van der Waals surface area contributed by atoms with E-state index in [9.17, 15) is 9.18 Å². The number of carbonyl (C=O) groups excluding carboxylic acids is 1. The summed E-state index contributed by atoms with van der Waals surface area (Å²) < 4.78 is 13.4. The van der Waals surface area contributed by atoms with E-state index < -0.39 is 0 Å². The van der Waals surface area contributed by atoms with Crippen molar-refractivity contribution in [2.24, 2.45) is 5.92 Å². The van der Waals surface area contributed by atoms with Gasteiger partial charge in [-0.25, -0.2) is 4.39 Å². The van der Waals surface area contributed by atoms with Crippen molar-refractivity contribution in [1.29, 1.82) is 0 Å². The van der Waals surface area contributed by atoms with Gasteiger partial charge in [-0.2, -0.15) is 0 Å². The summed E-state index contributed by atoms with van der Waals surface area (Å²) in [6.45, 7) is 0.705. The van der Waals surface area contributed by atoms with E-state index in [-0.39, 0.29) is 17.1 Å². The molecule has 0 heterocycles. The Morgan fingerprint density at radius 3 is 2.78 bits per heavy atom. The van der Waals surface area contributed by atoms with Crippen molar-refractivity contribution in [2.45, 2.75) is 18.2 Å². The van der Waals surface area contributed by atoms with Gasteiger partial charge in [-0.15, -0.1) is 11.6 Å².